The Kier molecular flexibility index (Phi) is 5.86. The van der Waals surface area contributed by atoms with E-state index in [0.29, 0.717) is 24.0 Å². The molecule has 1 aliphatic heterocycles. The number of benzene rings is 2. The fourth-order valence-electron chi connectivity index (χ4n) is 5.15. The molecule has 3 aromatic rings. The van der Waals surface area contributed by atoms with Crippen molar-refractivity contribution in [3.8, 4) is 16.9 Å². The summed E-state index contributed by atoms with van der Waals surface area (Å²) in [4.78, 5) is 26.0. The Morgan fingerprint density at radius 1 is 0.971 bits per heavy atom. The van der Waals surface area contributed by atoms with Crippen LogP contribution in [0, 0.1) is 11.8 Å². The molecule has 35 heavy (non-hydrogen) atoms. The van der Waals surface area contributed by atoms with Gasteiger partial charge in [0.2, 0.25) is 0 Å². The van der Waals surface area contributed by atoms with Gasteiger partial charge in [0.25, 0.3) is 0 Å². The highest BCUT2D eigenvalue weighted by atomic mass is 19.4. The molecule has 3 atom stereocenters. The average Bonchev–Trinajstić information content (AvgIpc) is 3.52. The number of rotatable bonds is 4. The van der Waals surface area contributed by atoms with Crippen molar-refractivity contribution >= 4 is 11.8 Å². The monoisotopic (exact) mass is 483 g/mol. The number of ketones is 1. The number of carbonyl (C=O) groups is 2. The Hall–Kier alpha value is -3.62. The van der Waals surface area contributed by atoms with Crippen molar-refractivity contribution in [3.05, 3.63) is 72.1 Å². The topological polar surface area (TPSA) is 64.4 Å². The third-order valence-electron chi connectivity index (χ3n) is 6.77. The maximum Gasteiger partial charge on any atom is 0.420 e. The summed E-state index contributed by atoms with van der Waals surface area (Å²) in [6, 6.07) is 17.3. The van der Waals surface area contributed by atoms with Crippen molar-refractivity contribution in [2.75, 3.05) is 13.1 Å². The van der Waals surface area contributed by atoms with Gasteiger partial charge in [-0.15, -0.1) is 0 Å². The van der Waals surface area contributed by atoms with E-state index in [-0.39, 0.29) is 17.9 Å². The Balaban J connectivity index is 1.23. The van der Waals surface area contributed by atoms with Crippen LogP contribution in [-0.2, 0) is 6.18 Å². The molecule has 0 N–H and O–H groups in total. The second-order valence-corrected chi connectivity index (χ2v) is 9.20. The molecule has 2 aromatic carbocycles. The largest absolute Gasteiger partial charge is 0.490 e. The van der Waals surface area contributed by atoms with E-state index in [2.05, 4.69) is 5.10 Å². The number of alkyl halides is 3. The van der Waals surface area contributed by atoms with Crippen LogP contribution < -0.4 is 4.74 Å². The van der Waals surface area contributed by atoms with Crippen molar-refractivity contribution in [2.24, 2.45) is 11.8 Å². The number of hydrogen-bond donors (Lipinski definition) is 0. The number of carbonyl (C=O) groups excluding carboxylic acids is 2. The Bertz CT molecular complexity index is 1240. The second-order valence-electron chi connectivity index (χ2n) is 9.20. The molecule has 6 nitrogen and oxygen atoms in total. The quantitative estimate of drug-likeness (QED) is 0.458. The number of ether oxygens (including phenoxy) is 1. The molecule has 0 radical (unpaired) electrons. The van der Waals surface area contributed by atoms with E-state index in [9.17, 15) is 22.8 Å². The predicted octanol–water partition coefficient (Wildman–Crippen LogP) is 5.53. The van der Waals surface area contributed by atoms with Gasteiger partial charge in [-0.1, -0.05) is 42.5 Å². The van der Waals surface area contributed by atoms with Crippen LogP contribution in [0.15, 0.2) is 60.8 Å². The van der Waals surface area contributed by atoms with E-state index in [4.69, 9.17) is 4.74 Å². The minimum Gasteiger partial charge on any atom is -0.490 e. The molecule has 2 heterocycles. The van der Waals surface area contributed by atoms with E-state index in [1.165, 1.54) is 4.90 Å². The smallest absolute Gasteiger partial charge is 0.420 e. The third kappa shape index (κ3) is 4.67. The number of amides is 1. The molecular formula is C26H24F3N3O3. The lowest BCUT2D eigenvalue weighted by Gasteiger charge is -2.20. The second kappa shape index (κ2) is 8.87. The minimum absolute atomic E-state index is 0.0131. The lowest BCUT2D eigenvalue weighted by molar-refractivity contribution is -0.137. The zero-order valence-electron chi connectivity index (χ0n) is 19.0. The van der Waals surface area contributed by atoms with Crippen LogP contribution in [0.5, 0.6) is 5.75 Å². The van der Waals surface area contributed by atoms with E-state index in [1.807, 2.05) is 54.6 Å². The summed E-state index contributed by atoms with van der Waals surface area (Å²) in [6.07, 6.45) is -2.62. The maximum absolute atomic E-state index is 13.2. The molecule has 9 heteroatoms. The van der Waals surface area contributed by atoms with Gasteiger partial charge in [0.1, 0.15) is 17.0 Å². The van der Waals surface area contributed by atoms with Gasteiger partial charge in [-0.3, -0.25) is 4.79 Å². The minimum atomic E-state index is -4.76. The summed E-state index contributed by atoms with van der Waals surface area (Å²) < 4.78 is 46.6. The van der Waals surface area contributed by atoms with Crippen molar-refractivity contribution in [1.82, 2.24) is 14.7 Å². The maximum atomic E-state index is 13.2. The first kappa shape index (κ1) is 23.1. The number of Topliss-reactive ketones (excluding diaryl/α,β-unsaturated/α-hetero) is 1. The zero-order valence-corrected chi connectivity index (χ0v) is 19.0. The van der Waals surface area contributed by atoms with Crippen LogP contribution in [-0.4, -0.2) is 45.7 Å². The lowest BCUT2D eigenvalue weighted by atomic mass is 10.0. The van der Waals surface area contributed by atoms with Crippen molar-refractivity contribution < 1.29 is 27.5 Å². The van der Waals surface area contributed by atoms with E-state index < -0.39 is 29.2 Å². The van der Waals surface area contributed by atoms with Gasteiger partial charge in [-0.05, 0) is 47.9 Å². The molecule has 1 saturated carbocycles. The van der Waals surface area contributed by atoms with Crippen molar-refractivity contribution in [2.45, 2.75) is 32.0 Å². The summed E-state index contributed by atoms with van der Waals surface area (Å²) in [6.45, 7) is 1.84. The fraction of sp³-hybridized carbons (Fsp3) is 0.346. The molecular weight excluding hydrogens is 459 g/mol. The molecule has 182 valence electrons. The van der Waals surface area contributed by atoms with Crippen LogP contribution >= 0.6 is 0 Å². The Morgan fingerprint density at radius 3 is 2.23 bits per heavy atom. The Labute approximate surface area is 200 Å². The molecule has 1 saturated heterocycles. The summed E-state index contributed by atoms with van der Waals surface area (Å²) in [5, 5.41) is 3.65. The molecule has 0 bridgehead atoms. The van der Waals surface area contributed by atoms with Crippen LogP contribution in [0.2, 0.25) is 0 Å². The normalized spacial score (nSPS) is 21.7. The van der Waals surface area contributed by atoms with Crippen molar-refractivity contribution in [3.63, 3.8) is 0 Å². The molecule has 1 aliphatic carbocycles. The molecule has 2 aliphatic rings. The van der Waals surface area contributed by atoms with E-state index >= 15 is 0 Å². The molecule has 2 fully saturated rings. The van der Waals surface area contributed by atoms with Crippen LogP contribution in [0.4, 0.5) is 18.0 Å². The van der Waals surface area contributed by atoms with Crippen LogP contribution in [0.1, 0.15) is 35.8 Å². The number of aromatic nitrogens is 2. The lowest BCUT2D eigenvalue weighted by Crippen LogP contribution is -2.34. The van der Waals surface area contributed by atoms with Gasteiger partial charge in [-0.2, -0.15) is 23.0 Å². The van der Waals surface area contributed by atoms with Gasteiger partial charge in [0, 0.05) is 26.2 Å². The number of fused-ring (bicyclic) bond motifs is 1. The molecule has 0 spiro atoms. The predicted molar refractivity (Wildman–Crippen MR) is 122 cm³/mol. The van der Waals surface area contributed by atoms with Gasteiger partial charge >= 0.3 is 12.2 Å². The fourth-order valence-corrected chi connectivity index (χ4v) is 5.15. The Morgan fingerprint density at radius 2 is 1.63 bits per heavy atom. The summed E-state index contributed by atoms with van der Waals surface area (Å²) in [5.74, 6) is 0.355. The third-order valence-corrected chi connectivity index (χ3v) is 6.77. The number of halogens is 3. The number of hydrogen-bond acceptors (Lipinski definition) is 4. The van der Waals surface area contributed by atoms with E-state index in [1.54, 1.807) is 0 Å². The first-order valence-corrected chi connectivity index (χ1v) is 11.5. The standard InChI is InChI=1S/C26H24F3N3O3/c1-16(33)24-23(26(27,28)29)15-32(30-24)25(34)31-13-19-11-22(12-20(19)14-31)35-21-9-5-8-18(10-21)17-6-3-2-4-7-17/h2-10,15,19-20,22H,11-14H2,1H3/t19-,20+,22?. The first-order valence-electron chi connectivity index (χ1n) is 11.5. The van der Waals surface area contributed by atoms with Crippen molar-refractivity contribution in [1.29, 1.82) is 0 Å². The molecule has 5 rings (SSSR count). The first-order chi connectivity index (χ1) is 16.7. The van der Waals surface area contributed by atoms with Crippen LogP contribution in [0.3, 0.4) is 0 Å². The molecule has 1 unspecified atom stereocenters. The van der Waals surface area contributed by atoms with Crippen LogP contribution in [0.25, 0.3) is 11.1 Å². The van der Waals surface area contributed by atoms with Gasteiger partial charge in [-0.25, -0.2) is 4.79 Å². The summed E-state index contributed by atoms with van der Waals surface area (Å²) in [7, 11) is 0. The highest BCUT2D eigenvalue weighted by Gasteiger charge is 2.44. The van der Waals surface area contributed by atoms with E-state index in [0.717, 1.165) is 36.6 Å². The highest BCUT2D eigenvalue weighted by Crippen LogP contribution is 2.40. The number of nitrogens with zero attached hydrogens (tertiary/aromatic N) is 3. The van der Waals surface area contributed by atoms with Gasteiger partial charge in [0.05, 0.1) is 6.10 Å². The average molecular weight is 483 g/mol. The van der Waals surface area contributed by atoms with Gasteiger partial charge in [0.15, 0.2) is 5.78 Å². The highest BCUT2D eigenvalue weighted by molar-refractivity contribution is 5.94. The zero-order chi connectivity index (χ0) is 24.7. The SMILES string of the molecule is CC(=O)c1nn(C(=O)N2C[C@H]3CC(Oc4cccc(-c5ccccc5)c4)C[C@H]3C2)cc1C(F)(F)F. The number of likely N-dealkylation sites (tertiary alicyclic amines) is 1. The molecule has 1 aromatic heterocycles. The summed E-state index contributed by atoms with van der Waals surface area (Å²) >= 11 is 0. The summed E-state index contributed by atoms with van der Waals surface area (Å²) in [5.41, 5.74) is 0.247. The molecule has 1 amide bonds. The van der Waals surface area contributed by atoms with Gasteiger partial charge < -0.3 is 9.64 Å².